The zero-order chi connectivity index (χ0) is 23.5. The number of carbonyl (C=O) groups is 3. The van der Waals surface area contributed by atoms with Gasteiger partial charge in [0.2, 0.25) is 5.91 Å². The highest BCUT2D eigenvalue weighted by atomic mass is 16.6. The zero-order valence-corrected chi connectivity index (χ0v) is 18.9. The van der Waals surface area contributed by atoms with Crippen LogP contribution in [0.15, 0.2) is 35.4 Å². The minimum absolute atomic E-state index is 0.136. The number of nitrogens with one attached hydrogen (secondary N) is 1. The Morgan fingerprint density at radius 1 is 1.25 bits per heavy atom. The molecule has 0 radical (unpaired) electrons. The highest BCUT2D eigenvalue weighted by molar-refractivity contribution is 6.40. The van der Waals surface area contributed by atoms with Gasteiger partial charge < -0.3 is 25.4 Å². The number of ether oxygens (including phenoxy) is 2. The first-order chi connectivity index (χ1) is 15.0. The molecule has 2 aliphatic rings. The summed E-state index contributed by atoms with van der Waals surface area (Å²) < 4.78 is 11.1. The Balaban J connectivity index is 1.67. The molecule has 3 N–H and O–H groups in total. The van der Waals surface area contributed by atoms with E-state index in [0.29, 0.717) is 18.8 Å². The van der Waals surface area contributed by atoms with Gasteiger partial charge in [-0.25, -0.2) is 4.79 Å². The van der Waals surface area contributed by atoms with Gasteiger partial charge in [-0.05, 0) is 39.8 Å². The topological polar surface area (TPSA) is 127 Å². The van der Waals surface area contributed by atoms with Gasteiger partial charge in [0.1, 0.15) is 17.4 Å². The maximum Gasteiger partial charge on any atom is 0.407 e. The van der Waals surface area contributed by atoms with Crippen LogP contribution in [0.1, 0.15) is 34.1 Å². The van der Waals surface area contributed by atoms with Crippen molar-refractivity contribution in [3.63, 3.8) is 0 Å². The van der Waals surface area contributed by atoms with Crippen molar-refractivity contribution in [1.82, 2.24) is 10.2 Å². The summed E-state index contributed by atoms with van der Waals surface area (Å²) in [6, 6.07) is 8.03. The number of alkyl carbamates (subject to hydrolysis) is 1. The number of nitrogens with zero attached hydrogens (tertiary/aromatic N) is 3. The van der Waals surface area contributed by atoms with Crippen molar-refractivity contribution in [2.45, 2.75) is 57.9 Å². The molecule has 3 unspecified atom stereocenters. The van der Waals surface area contributed by atoms with E-state index in [0.717, 1.165) is 0 Å². The summed E-state index contributed by atoms with van der Waals surface area (Å²) in [6.45, 7) is 8.16. The molecular weight excluding hydrogens is 414 g/mol. The predicted octanol–water partition coefficient (Wildman–Crippen LogP) is 1.25. The minimum atomic E-state index is -0.721. The smallest absolute Gasteiger partial charge is 0.407 e. The van der Waals surface area contributed by atoms with Gasteiger partial charge in [0, 0.05) is 19.5 Å². The lowest BCUT2D eigenvalue weighted by Crippen LogP contribution is -2.55. The van der Waals surface area contributed by atoms with E-state index >= 15 is 0 Å². The summed E-state index contributed by atoms with van der Waals surface area (Å²) in [5, 5.41) is 8.68. The number of rotatable bonds is 5. The van der Waals surface area contributed by atoms with Gasteiger partial charge in [-0.2, -0.15) is 5.10 Å². The van der Waals surface area contributed by atoms with Gasteiger partial charge in [0.15, 0.2) is 0 Å². The van der Waals surface area contributed by atoms with Gasteiger partial charge in [0.25, 0.3) is 5.91 Å². The Morgan fingerprint density at radius 2 is 1.94 bits per heavy atom. The number of hydrogen-bond acceptors (Lipinski definition) is 7. The zero-order valence-electron chi connectivity index (χ0n) is 18.9. The fourth-order valence-corrected chi connectivity index (χ4v) is 3.61. The molecule has 10 nitrogen and oxygen atoms in total. The molecule has 32 heavy (non-hydrogen) atoms. The monoisotopic (exact) mass is 445 g/mol. The van der Waals surface area contributed by atoms with E-state index in [4.69, 9.17) is 15.2 Å². The van der Waals surface area contributed by atoms with E-state index in [1.54, 1.807) is 32.6 Å². The molecule has 0 spiro atoms. The largest absolute Gasteiger partial charge is 0.444 e. The number of nitrogens with two attached hydrogens (primary N) is 1. The van der Waals surface area contributed by atoms with E-state index in [-0.39, 0.29) is 30.6 Å². The lowest BCUT2D eigenvalue weighted by atomic mass is 10.1. The molecule has 0 saturated carbocycles. The van der Waals surface area contributed by atoms with Crippen LogP contribution in [0.2, 0.25) is 0 Å². The molecule has 1 saturated heterocycles. The van der Waals surface area contributed by atoms with Crippen molar-refractivity contribution in [2.75, 3.05) is 24.7 Å². The van der Waals surface area contributed by atoms with Gasteiger partial charge in [0.05, 0.1) is 24.4 Å². The number of para-hydroxylation sites is 1. The number of carbonyl (C=O) groups excluding carboxylic acids is 3. The van der Waals surface area contributed by atoms with E-state index in [1.165, 1.54) is 5.01 Å². The summed E-state index contributed by atoms with van der Waals surface area (Å²) in [5.41, 5.74) is 5.92. The van der Waals surface area contributed by atoms with Crippen molar-refractivity contribution in [2.24, 2.45) is 10.8 Å². The molecule has 3 rings (SSSR count). The fourth-order valence-electron chi connectivity index (χ4n) is 3.61. The molecule has 2 aliphatic heterocycles. The van der Waals surface area contributed by atoms with Gasteiger partial charge in [-0.15, -0.1) is 0 Å². The SMILES string of the molecule is CC(NC(=O)OC(C)(C)C)C1CN(C(=O)C2=NN(c3ccccc3)C(C(N)=O)C2)CCO1. The second kappa shape index (κ2) is 9.56. The average Bonchev–Trinajstić information content (AvgIpc) is 3.18. The number of amides is 3. The van der Waals surface area contributed by atoms with Crippen LogP contribution >= 0.6 is 0 Å². The Labute approximate surface area is 187 Å². The second-order valence-electron chi connectivity index (χ2n) is 8.94. The highest BCUT2D eigenvalue weighted by Crippen LogP contribution is 2.25. The van der Waals surface area contributed by atoms with Crippen LogP contribution in [0, 0.1) is 0 Å². The van der Waals surface area contributed by atoms with Crippen molar-refractivity contribution in [1.29, 1.82) is 0 Å². The second-order valence-corrected chi connectivity index (χ2v) is 8.94. The van der Waals surface area contributed by atoms with Crippen molar-refractivity contribution < 1.29 is 23.9 Å². The van der Waals surface area contributed by atoms with Crippen LogP contribution in [-0.2, 0) is 19.1 Å². The molecule has 1 aromatic rings. The van der Waals surface area contributed by atoms with E-state index in [1.807, 2.05) is 30.3 Å². The van der Waals surface area contributed by atoms with Gasteiger partial charge in [-0.3, -0.25) is 14.6 Å². The maximum atomic E-state index is 13.2. The Hall–Kier alpha value is -3.14. The molecular formula is C22H31N5O5. The molecule has 3 amide bonds. The van der Waals surface area contributed by atoms with Gasteiger partial charge >= 0.3 is 6.09 Å². The summed E-state index contributed by atoms with van der Waals surface area (Å²) in [5.74, 6) is -0.817. The molecule has 1 fully saturated rings. The first-order valence-electron chi connectivity index (χ1n) is 10.7. The van der Waals surface area contributed by atoms with E-state index < -0.39 is 29.7 Å². The van der Waals surface area contributed by atoms with Crippen LogP contribution in [0.5, 0.6) is 0 Å². The van der Waals surface area contributed by atoms with Crippen LogP contribution in [-0.4, -0.2) is 72.0 Å². The van der Waals surface area contributed by atoms with E-state index in [2.05, 4.69) is 10.4 Å². The van der Waals surface area contributed by atoms with Gasteiger partial charge in [-0.1, -0.05) is 18.2 Å². The van der Waals surface area contributed by atoms with E-state index in [9.17, 15) is 14.4 Å². The van der Waals surface area contributed by atoms with Crippen LogP contribution in [0.25, 0.3) is 0 Å². The molecule has 10 heteroatoms. The molecule has 1 aromatic carbocycles. The third-order valence-electron chi connectivity index (χ3n) is 5.19. The quantitative estimate of drug-likeness (QED) is 0.702. The third kappa shape index (κ3) is 5.76. The number of hydrogen-bond donors (Lipinski definition) is 2. The molecule has 174 valence electrons. The summed E-state index contributed by atoms with van der Waals surface area (Å²) >= 11 is 0. The van der Waals surface area contributed by atoms with Crippen LogP contribution in [0.3, 0.4) is 0 Å². The van der Waals surface area contributed by atoms with Crippen LogP contribution < -0.4 is 16.1 Å². The average molecular weight is 446 g/mol. The van der Waals surface area contributed by atoms with Crippen LogP contribution in [0.4, 0.5) is 10.5 Å². The normalized spacial score (nSPS) is 22.2. The first-order valence-corrected chi connectivity index (χ1v) is 10.7. The highest BCUT2D eigenvalue weighted by Gasteiger charge is 2.38. The molecule has 0 bridgehead atoms. The minimum Gasteiger partial charge on any atom is -0.444 e. The summed E-state index contributed by atoms with van der Waals surface area (Å²) in [4.78, 5) is 38.9. The first kappa shape index (κ1) is 23.5. The standard InChI is InChI=1S/C22H31N5O5/c1-14(24-21(30)32-22(2,3)4)18-13-26(10-11-31-18)20(29)16-12-17(19(23)28)27(25-16)15-8-6-5-7-9-15/h5-9,14,17-18H,10-13H2,1-4H3,(H2,23,28)(H,24,30). The maximum absolute atomic E-state index is 13.2. The van der Waals surface area contributed by atoms with Crippen molar-refractivity contribution >= 4 is 29.3 Å². The van der Waals surface area contributed by atoms with Crippen molar-refractivity contribution in [3.05, 3.63) is 30.3 Å². The predicted molar refractivity (Wildman–Crippen MR) is 119 cm³/mol. The van der Waals surface area contributed by atoms with Crippen molar-refractivity contribution in [3.8, 4) is 0 Å². The number of hydrazone groups is 1. The summed E-state index contributed by atoms with van der Waals surface area (Å²) in [6.07, 6.45) is -0.809. The fraction of sp³-hybridized carbons (Fsp3) is 0.545. The Morgan fingerprint density at radius 3 is 2.56 bits per heavy atom. The molecule has 3 atom stereocenters. The molecule has 0 aliphatic carbocycles. The lowest BCUT2D eigenvalue weighted by Gasteiger charge is -2.36. The Kier molecular flexibility index (Phi) is 7.02. The number of morpholine rings is 1. The molecule has 2 heterocycles. The molecule has 0 aromatic heterocycles. The Bertz CT molecular complexity index is 882. The third-order valence-corrected chi connectivity index (χ3v) is 5.19. The summed E-state index contributed by atoms with van der Waals surface area (Å²) in [7, 11) is 0. The lowest BCUT2D eigenvalue weighted by molar-refractivity contribution is -0.132. The number of benzene rings is 1. The number of primary amides is 1. The number of anilines is 1.